The van der Waals surface area contributed by atoms with E-state index in [4.69, 9.17) is 0 Å². The number of carbonyl (C=O) groups is 1. The number of aryl methyl sites for hydroxylation is 1. The minimum absolute atomic E-state index is 0.0234. The van der Waals surface area contributed by atoms with Crippen LogP contribution in [0.3, 0.4) is 0 Å². The van der Waals surface area contributed by atoms with Gasteiger partial charge in [0.25, 0.3) is 5.56 Å². The lowest BCUT2D eigenvalue weighted by molar-refractivity contribution is -0.113. The fraction of sp³-hybridized carbons (Fsp3) is 0.381. The summed E-state index contributed by atoms with van der Waals surface area (Å²) in [5, 5.41) is 3.22. The molecule has 8 nitrogen and oxygen atoms in total. The number of nitrogens with one attached hydrogen (secondary N) is 1. The molecule has 0 fully saturated rings. The SMILES string of the molecule is Cn1c(=O)c2c(SCC(=O)Nc3ccc(F)cc3)nc(CC(C)(C)C)nc2n(C)c1=O. The topological polar surface area (TPSA) is 98.9 Å². The molecule has 1 N–H and O–H groups in total. The molecular weight excluding hydrogens is 421 g/mol. The van der Waals surface area contributed by atoms with Crippen molar-refractivity contribution in [3.05, 3.63) is 56.7 Å². The third-order valence-corrected chi connectivity index (χ3v) is 5.44. The molecule has 0 bridgehead atoms. The van der Waals surface area contributed by atoms with E-state index < -0.39 is 17.1 Å². The predicted molar refractivity (Wildman–Crippen MR) is 119 cm³/mol. The van der Waals surface area contributed by atoms with Crippen LogP contribution in [0.5, 0.6) is 0 Å². The fourth-order valence-corrected chi connectivity index (χ4v) is 3.83. The zero-order chi connectivity index (χ0) is 22.9. The van der Waals surface area contributed by atoms with Crippen molar-refractivity contribution in [2.75, 3.05) is 11.1 Å². The Morgan fingerprint density at radius 1 is 1.10 bits per heavy atom. The Hall–Kier alpha value is -3.01. The lowest BCUT2D eigenvalue weighted by atomic mass is 9.92. The second-order valence-electron chi connectivity index (χ2n) is 8.43. The van der Waals surface area contributed by atoms with Gasteiger partial charge in [-0.3, -0.25) is 18.7 Å². The van der Waals surface area contributed by atoms with Crippen LogP contribution < -0.4 is 16.6 Å². The number of hydrogen-bond acceptors (Lipinski definition) is 6. The lowest BCUT2D eigenvalue weighted by Gasteiger charge is -2.18. The zero-order valence-corrected chi connectivity index (χ0v) is 18.8. The summed E-state index contributed by atoms with van der Waals surface area (Å²) in [5.74, 6) is -0.260. The third-order valence-electron chi connectivity index (χ3n) is 4.47. The monoisotopic (exact) mass is 445 g/mol. The summed E-state index contributed by atoms with van der Waals surface area (Å²) in [6, 6.07) is 5.43. The van der Waals surface area contributed by atoms with E-state index in [1.54, 1.807) is 7.05 Å². The van der Waals surface area contributed by atoms with Crippen LogP contribution in [-0.2, 0) is 25.3 Å². The Labute approximate surface area is 182 Å². The zero-order valence-electron chi connectivity index (χ0n) is 18.0. The van der Waals surface area contributed by atoms with E-state index in [0.29, 0.717) is 23.0 Å². The first-order valence-electron chi connectivity index (χ1n) is 9.61. The summed E-state index contributed by atoms with van der Waals surface area (Å²) in [5.41, 5.74) is -0.409. The van der Waals surface area contributed by atoms with Crippen LogP contribution >= 0.6 is 11.8 Å². The highest BCUT2D eigenvalue weighted by Crippen LogP contribution is 2.25. The van der Waals surface area contributed by atoms with Crippen LogP contribution in [0, 0.1) is 11.2 Å². The van der Waals surface area contributed by atoms with Crippen molar-refractivity contribution in [3.8, 4) is 0 Å². The van der Waals surface area contributed by atoms with Gasteiger partial charge < -0.3 is 5.32 Å². The van der Waals surface area contributed by atoms with Crippen molar-refractivity contribution in [2.45, 2.75) is 32.2 Å². The number of rotatable bonds is 5. The summed E-state index contributed by atoms with van der Waals surface area (Å²) in [6.45, 7) is 6.10. The summed E-state index contributed by atoms with van der Waals surface area (Å²) in [4.78, 5) is 46.6. The summed E-state index contributed by atoms with van der Waals surface area (Å²) in [7, 11) is 2.94. The standard InChI is InChI=1S/C21H24FN5O3S/c1-21(2,3)10-14-24-17-16(19(29)27(5)20(30)26(17)4)18(25-14)31-11-15(28)23-13-8-6-12(22)7-9-13/h6-9H,10-11H2,1-5H3,(H,23,28). The molecule has 31 heavy (non-hydrogen) atoms. The molecule has 0 radical (unpaired) electrons. The minimum Gasteiger partial charge on any atom is -0.325 e. The Morgan fingerprint density at radius 2 is 1.74 bits per heavy atom. The maximum Gasteiger partial charge on any atom is 0.332 e. The first kappa shape index (κ1) is 22.7. The molecule has 2 aromatic heterocycles. The van der Waals surface area contributed by atoms with Crippen molar-refractivity contribution in [1.29, 1.82) is 0 Å². The Morgan fingerprint density at radius 3 is 2.35 bits per heavy atom. The molecule has 1 aromatic carbocycles. The molecule has 0 atom stereocenters. The molecule has 0 saturated heterocycles. The molecular formula is C21H24FN5O3S. The molecule has 2 heterocycles. The van der Waals surface area contributed by atoms with Gasteiger partial charge in [0, 0.05) is 26.2 Å². The van der Waals surface area contributed by atoms with Gasteiger partial charge in [-0.2, -0.15) is 0 Å². The molecule has 0 aliphatic carbocycles. The molecule has 3 rings (SSSR count). The average molecular weight is 446 g/mol. The second kappa shape index (κ2) is 8.62. The fourth-order valence-electron chi connectivity index (χ4n) is 2.99. The summed E-state index contributed by atoms with van der Waals surface area (Å²) in [6.07, 6.45) is 0.529. The molecule has 0 saturated carbocycles. The number of anilines is 1. The Balaban J connectivity index is 1.98. The Kier molecular flexibility index (Phi) is 6.30. The minimum atomic E-state index is -0.512. The number of benzene rings is 1. The second-order valence-corrected chi connectivity index (χ2v) is 9.39. The number of halogens is 1. The number of hydrogen-bond donors (Lipinski definition) is 1. The molecule has 1 amide bonds. The van der Waals surface area contributed by atoms with E-state index in [1.165, 1.54) is 35.9 Å². The molecule has 10 heteroatoms. The van der Waals surface area contributed by atoms with Gasteiger partial charge in [0.2, 0.25) is 5.91 Å². The highest BCUT2D eigenvalue weighted by Gasteiger charge is 2.21. The normalized spacial score (nSPS) is 11.7. The Bertz CT molecular complexity index is 1260. The number of amides is 1. The highest BCUT2D eigenvalue weighted by molar-refractivity contribution is 8.00. The van der Waals surface area contributed by atoms with Crippen LogP contribution in [0.1, 0.15) is 26.6 Å². The van der Waals surface area contributed by atoms with Gasteiger partial charge in [-0.25, -0.2) is 19.2 Å². The summed E-state index contributed by atoms with van der Waals surface area (Å²) >= 11 is 1.09. The van der Waals surface area contributed by atoms with Gasteiger partial charge in [0.15, 0.2) is 5.65 Å². The van der Waals surface area contributed by atoms with Crippen LogP contribution in [0.4, 0.5) is 10.1 Å². The van der Waals surface area contributed by atoms with E-state index >= 15 is 0 Å². The van der Waals surface area contributed by atoms with Crippen molar-refractivity contribution >= 4 is 34.4 Å². The predicted octanol–water partition coefficient (Wildman–Crippen LogP) is 2.49. The van der Waals surface area contributed by atoms with Crippen LogP contribution in [0.25, 0.3) is 11.0 Å². The number of nitrogens with zero attached hydrogens (tertiary/aromatic N) is 4. The van der Waals surface area contributed by atoms with Gasteiger partial charge in [0.1, 0.15) is 22.1 Å². The van der Waals surface area contributed by atoms with Gasteiger partial charge in [0.05, 0.1) is 5.75 Å². The smallest absolute Gasteiger partial charge is 0.325 e. The van der Waals surface area contributed by atoms with Gasteiger partial charge in [-0.1, -0.05) is 32.5 Å². The molecule has 0 unspecified atom stereocenters. The van der Waals surface area contributed by atoms with Crippen LogP contribution in [-0.4, -0.2) is 30.8 Å². The van der Waals surface area contributed by atoms with Crippen molar-refractivity contribution in [1.82, 2.24) is 19.1 Å². The van der Waals surface area contributed by atoms with Crippen molar-refractivity contribution in [2.24, 2.45) is 19.5 Å². The van der Waals surface area contributed by atoms with Crippen molar-refractivity contribution < 1.29 is 9.18 Å². The van der Waals surface area contributed by atoms with E-state index in [2.05, 4.69) is 15.3 Å². The van der Waals surface area contributed by atoms with E-state index in [1.807, 2.05) is 20.8 Å². The van der Waals surface area contributed by atoms with Crippen LogP contribution in [0.2, 0.25) is 0 Å². The number of fused-ring (bicyclic) bond motifs is 1. The van der Waals surface area contributed by atoms with Gasteiger partial charge in [-0.05, 0) is 29.7 Å². The summed E-state index contributed by atoms with van der Waals surface area (Å²) < 4.78 is 15.4. The molecule has 0 spiro atoms. The van der Waals surface area contributed by atoms with E-state index in [9.17, 15) is 18.8 Å². The first-order chi connectivity index (χ1) is 14.5. The highest BCUT2D eigenvalue weighted by atomic mass is 32.2. The quantitative estimate of drug-likeness (QED) is 0.479. The van der Waals surface area contributed by atoms with Gasteiger partial charge in [-0.15, -0.1) is 0 Å². The number of aromatic nitrogens is 4. The average Bonchev–Trinajstić information content (AvgIpc) is 2.69. The van der Waals surface area contributed by atoms with Gasteiger partial charge >= 0.3 is 5.69 Å². The van der Waals surface area contributed by atoms with E-state index in [-0.39, 0.29) is 28.1 Å². The largest absolute Gasteiger partial charge is 0.332 e. The molecule has 0 aliphatic rings. The first-order valence-corrected chi connectivity index (χ1v) is 10.6. The number of carbonyl (C=O) groups excluding carboxylic acids is 1. The lowest BCUT2D eigenvalue weighted by Crippen LogP contribution is -2.38. The van der Waals surface area contributed by atoms with Crippen molar-refractivity contribution in [3.63, 3.8) is 0 Å². The molecule has 3 aromatic rings. The molecule has 164 valence electrons. The maximum atomic E-state index is 13.0. The molecule has 0 aliphatic heterocycles. The number of thioether (sulfide) groups is 1. The van der Waals surface area contributed by atoms with E-state index in [0.717, 1.165) is 16.3 Å². The third kappa shape index (κ3) is 5.19. The maximum absolute atomic E-state index is 13.0. The van der Waals surface area contributed by atoms with Crippen LogP contribution in [0.15, 0.2) is 38.9 Å².